The standard InChI is InChI=1S/C18H16N2O4/c21-9-10-22-15-4-2-1-3-14(15)18-19-7-8-20(18)13-5-6-16-17(11-13)24-12-23-16/h1-8,11,21H,9-10,12H2. The van der Waals surface area contributed by atoms with Gasteiger partial charge < -0.3 is 19.3 Å². The second kappa shape index (κ2) is 6.25. The summed E-state index contributed by atoms with van der Waals surface area (Å²) < 4.78 is 18.4. The van der Waals surface area contributed by atoms with Gasteiger partial charge in [-0.3, -0.25) is 4.57 Å². The van der Waals surface area contributed by atoms with E-state index in [2.05, 4.69) is 4.98 Å². The summed E-state index contributed by atoms with van der Waals surface area (Å²) in [6.07, 6.45) is 3.62. The minimum atomic E-state index is -0.0368. The van der Waals surface area contributed by atoms with Crippen LogP contribution >= 0.6 is 0 Å². The fraction of sp³-hybridized carbons (Fsp3) is 0.167. The largest absolute Gasteiger partial charge is 0.490 e. The molecule has 1 aliphatic rings. The molecule has 0 amide bonds. The number of benzene rings is 2. The molecule has 0 saturated carbocycles. The number of hydrogen-bond acceptors (Lipinski definition) is 5. The Hall–Kier alpha value is -2.99. The van der Waals surface area contributed by atoms with E-state index in [0.717, 1.165) is 28.6 Å². The third kappa shape index (κ3) is 2.57. The molecular weight excluding hydrogens is 308 g/mol. The van der Waals surface area contributed by atoms with Crippen molar-refractivity contribution in [3.8, 4) is 34.3 Å². The molecule has 0 aliphatic carbocycles. The van der Waals surface area contributed by atoms with Gasteiger partial charge in [-0.25, -0.2) is 4.98 Å². The minimum Gasteiger partial charge on any atom is -0.490 e. The Labute approximate surface area is 138 Å². The fourth-order valence-corrected chi connectivity index (χ4v) is 2.68. The van der Waals surface area contributed by atoms with Gasteiger partial charge in [-0.1, -0.05) is 12.1 Å². The number of nitrogens with zero attached hydrogens (tertiary/aromatic N) is 2. The molecule has 0 fully saturated rings. The number of para-hydroxylation sites is 1. The molecule has 1 N–H and O–H groups in total. The summed E-state index contributed by atoms with van der Waals surface area (Å²) in [5.74, 6) is 2.89. The molecule has 1 aliphatic heterocycles. The van der Waals surface area contributed by atoms with Crippen LogP contribution in [0, 0.1) is 0 Å². The summed E-state index contributed by atoms with van der Waals surface area (Å²) in [6.45, 7) is 0.445. The summed E-state index contributed by atoms with van der Waals surface area (Å²) in [6, 6.07) is 13.4. The van der Waals surface area contributed by atoms with Crippen LogP contribution in [0.2, 0.25) is 0 Å². The van der Waals surface area contributed by atoms with Crippen molar-refractivity contribution >= 4 is 0 Å². The smallest absolute Gasteiger partial charge is 0.231 e. The molecule has 6 nitrogen and oxygen atoms in total. The lowest BCUT2D eigenvalue weighted by atomic mass is 10.2. The summed E-state index contributed by atoms with van der Waals surface area (Å²) >= 11 is 0. The average molecular weight is 324 g/mol. The number of aliphatic hydroxyl groups excluding tert-OH is 1. The van der Waals surface area contributed by atoms with Crippen molar-refractivity contribution in [1.82, 2.24) is 9.55 Å². The van der Waals surface area contributed by atoms with Gasteiger partial charge in [0.05, 0.1) is 17.9 Å². The van der Waals surface area contributed by atoms with Crippen molar-refractivity contribution in [2.24, 2.45) is 0 Å². The molecule has 4 rings (SSSR count). The normalized spacial score (nSPS) is 12.4. The molecule has 0 radical (unpaired) electrons. The lowest BCUT2D eigenvalue weighted by Crippen LogP contribution is -2.04. The van der Waals surface area contributed by atoms with Crippen LogP contribution in [-0.4, -0.2) is 34.7 Å². The molecule has 0 saturated heterocycles. The number of aromatic nitrogens is 2. The molecule has 2 heterocycles. The summed E-state index contributed by atoms with van der Waals surface area (Å²) in [5.41, 5.74) is 1.78. The van der Waals surface area contributed by atoms with Gasteiger partial charge in [0.15, 0.2) is 11.5 Å². The zero-order valence-electron chi connectivity index (χ0n) is 12.9. The van der Waals surface area contributed by atoms with E-state index < -0.39 is 0 Å². The molecular formula is C18H16N2O4. The minimum absolute atomic E-state index is 0.0368. The van der Waals surface area contributed by atoms with Crippen molar-refractivity contribution in [1.29, 1.82) is 0 Å². The van der Waals surface area contributed by atoms with E-state index in [9.17, 15) is 0 Å². The summed E-state index contributed by atoms with van der Waals surface area (Å²) in [7, 11) is 0. The van der Waals surface area contributed by atoms with Crippen LogP contribution in [0.3, 0.4) is 0 Å². The average Bonchev–Trinajstić information content (AvgIpc) is 3.28. The highest BCUT2D eigenvalue weighted by Gasteiger charge is 2.17. The van der Waals surface area contributed by atoms with Crippen LogP contribution < -0.4 is 14.2 Å². The van der Waals surface area contributed by atoms with Crippen LogP contribution in [0.4, 0.5) is 0 Å². The first-order valence-electron chi connectivity index (χ1n) is 7.63. The molecule has 122 valence electrons. The van der Waals surface area contributed by atoms with Gasteiger partial charge in [-0.2, -0.15) is 0 Å². The maximum atomic E-state index is 9.00. The third-order valence-electron chi connectivity index (χ3n) is 3.75. The van der Waals surface area contributed by atoms with E-state index in [1.165, 1.54) is 0 Å². The zero-order valence-corrected chi connectivity index (χ0v) is 12.9. The number of imidazole rings is 1. The predicted octanol–water partition coefficient (Wildman–Crippen LogP) is 2.64. The Balaban J connectivity index is 1.76. The van der Waals surface area contributed by atoms with Gasteiger partial charge in [-0.05, 0) is 24.3 Å². The molecule has 0 unspecified atom stereocenters. The number of hydrogen-bond donors (Lipinski definition) is 1. The van der Waals surface area contributed by atoms with Gasteiger partial charge in [-0.15, -0.1) is 0 Å². The fourth-order valence-electron chi connectivity index (χ4n) is 2.68. The van der Waals surface area contributed by atoms with Crippen molar-refractivity contribution in [2.45, 2.75) is 0 Å². The molecule has 0 atom stereocenters. The van der Waals surface area contributed by atoms with Gasteiger partial charge in [0, 0.05) is 18.5 Å². The van der Waals surface area contributed by atoms with E-state index >= 15 is 0 Å². The summed E-state index contributed by atoms with van der Waals surface area (Å²) in [4.78, 5) is 4.47. The third-order valence-corrected chi connectivity index (χ3v) is 3.75. The Morgan fingerprint density at radius 2 is 2.00 bits per heavy atom. The van der Waals surface area contributed by atoms with E-state index in [-0.39, 0.29) is 20.0 Å². The molecule has 0 bridgehead atoms. The molecule has 3 aromatic rings. The van der Waals surface area contributed by atoms with E-state index in [4.69, 9.17) is 19.3 Å². The van der Waals surface area contributed by atoms with Gasteiger partial charge in [0.2, 0.25) is 6.79 Å². The monoisotopic (exact) mass is 324 g/mol. The lowest BCUT2D eigenvalue weighted by Gasteiger charge is -2.13. The van der Waals surface area contributed by atoms with Crippen LogP contribution in [0.15, 0.2) is 54.9 Å². The van der Waals surface area contributed by atoms with Crippen molar-refractivity contribution in [3.05, 3.63) is 54.9 Å². The topological polar surface area (TPSA) is 65.7 Å². The summed E-state index contributed by atoms with van der Waals surface area (Å²) in [5, 5.41) is 9.00. The van der Waals surface area contributed by atoms with E-state index in [1.54, 1.807) is 6.20 Å². The maximum absolute atomic E-state index is 9.00. The first-order valence-corrected chi connectivity index (χ1v) is 7.63. The molecule has 6 heteroatoms. The Morgan fingerprint density at radius 3 is 2.92 bits per heavy atom. The van der Waals surface area contributed by atoms with Gasteiger partial charge in [0.25, 0.3) is 0 Å². The molecule has 1 aromatic heterocycles. The Bertz CT molecular complexity index is 860. The number of fused-ring (bicyclic) bond motifs is 1. The van der Waals surface area contributed by atoms with Crippen molar-refractivity contribution in [3.63, 3.8) is 0 Å². The van der Waals surface area contributed by atoms with Crippen molar-refractivity contribution in [2.75, 3.05) is 20.0 Å². The number of ether oxygens (including phenoxy) is 3. The van der Waals surface area contributed by atoms with Crippen LogP contribution in [0.25, 0.3) is 17.1 Å². The Kier molecular flexibility index (Phi) is 3.80. The highest BCUT2D eigenvalue weighted by Crippen LogP contribution is 2.36. The van der Waals surface area contributed by atoms with E-state index in [1.807, 2.05) is 53.2 Å². The zero-order chi connectivity index (χ0) is 16.4. The second-order valence-corrected chi connectivity index (χ2v) is 5.23. The number of rotatable bonds is 5. The lowest BCUT2D eigenvalue weighted by molar-refractivity contribution is 0.174. The molecule has 24 heavy (non-hydrogen) atoms. The highest BCUT2D eigenvalue weighted by atomic mass is 16.7. The van der Waals surface area contributed by atoms with Crippen molar-refractivity contribution < 1.29 is 19.3 Å². The maximum Gasteiger partial charge on any atom is 0.231 e. The molecule has 2 aromatic carbocycles. The second-order valence-electron chi connectivity index (χ2n) is 5.23. The number of aliphatic hydroxyl groups is 1. The first-order chi connectivity index (χ1) is 11.9. The molecule has 0 spiro atoms. The SMILES string of the molecule is OCCOc1ccccc1-c1nccn1-c1ccc2c(c1)OCO2. The van der Waals surface area contributed by atoms with Gasteiger partial charge in [0.1, 0.15) is 18.2 Å². The first kappa shape index (κ1) is 14.6. The quantitative estimate of drug-likeness (QED) is 0.781. The van der Waals surface area contributed by atoms with Crippen LogP contribution in [-0.2, 0) is 0 Å². The van der Waals surface area contributed by atoms with Crippen LogP contribution in [0.1, 0.15) is 0 Å². The highest BCUT2D eigenvalue weighted by molar-refractivity contribution is 5.67. The van der Waals surface area contributed by atoms with Gasteiger partial charge >= 0.3 is 0 Å². The van der Waals surface area contributed by atoms with Crippen LogP contribution in [0.5, 0.6) is 17.2 Å². The Morgan fingerprint density at radius 1 is 1.12 bits per heavy atom. The van der Waals surface area contributed by atoms with E-state index in [0.29, 0.717) is 5.75 Å². The predicted molar refractivity (Wildman–Crippen MR) is 87.7 cm³/mol.